The van der Waals surface area contributed by atoms with Crippen LogP contribution in [0.5, 0.6) is 5.75 Å². The van der Waals surface area contributed by atoms with E-state index in [4.69, 9.17) is 10.5 Å². The Kier molecular flexibility index (Phi) is 7.67. The quantitative estimate of drug-likeness (QED) is 0.824. The third-order valence-electron chi connectivity index (χ3n) is 3.95. The highest BCUT2D eigenvalue weighted by molar-refractivity contribution is 5.85. The van der Waals surface area contributed by atoms with E-state index in [1.165, 1.54) is 6.07 Å². The molecule has 1 aliphatic heterocycles. The molecule has 5 nitrogen and oxygen atoms in total. The average molecular weight is 351 g/mol. The number of para-hydroxylation sites is 1. The van der Waals surface area contributed by atoms with Crippen LogP contribution < -0.4 is 15.8 Å². The second kappa shape index (κ2) is 9.00. The van der Waals surface area contributed by atoms with Gasteiger partial charge in [0.05, 0.1) is 5.41 Å². The van der Waals surface area contributed by atoms with Gasteiger partial charge in [-0.3, -0.25) is 4.79 Å². The lowest BCUT2D eigenvalue weighted by Crippen LogP contribution is -2.49. The van der Waals surface area contributed by atoms with Crippen LogP contribution in [0.3, 0.4) is 0 Å². The molecule has 8 heteroatoms. The Bertz CT molecular complexity index is 511. The molecule has 0 atom stereocenters. The number of hydrogen-bond acceptors (Lipinski definition) is 4. The first kappa shape index (κ1) is 19.6. The van der Waals surface area contributed by atoms with Crippen LogP contribution >= 0.6 is 12.4 Å². The van der Waals surface area contributed by atoms with Gasteiger partial charge in [0, 0.05) is 31.9 Å². The van der Waals surface area contributed by atoms with Gasteiger partial charge in [0.15, 0.2) is 0 Å². The molecule has 1 saturated heterocycles. The number of benzene rings is 1. The number of amides is 1. The maximum absolute atomic E-state index is 12.4. The molecule has 3 N–H and O–H groups in total. The van der Waals surface area contributed by atoms with E-state index in [0.717, 1.165) is 0 Å². The Hall–Kier alpha value is -1.44. The van der Waals surface area contributed by atoms with E-state index in [0.29, 0.717) is 31.6 Å². The van der Waals surface area contributed by atoms with Crippen LogP contribution in [-0.2, 0) is 16.1 Å². The Balaban J connectivity index is 0.00000264. The first-order valence-electron chi connectivity index (χ1n) is 7.16. The van der Waals surface area contributed by atoms with E-state index >= 15 is 0 Å². The maximum atomic E-state index is 12.4. The minimum atomic E-state index is -2.90. The van der Waals surface area contributed by atoms with Crippen molar-refractivity contribution in [3.63, 3.8) is 0 Å². The van der Waals surface area contributed by atoms with Gasteiger partial charge in [-0.2, -0.15) is 8.78 Å². The normalized spacial score (nSPS) is 16.5. The van der Waals surface area contributed by atoms with Gasteiger partial charge < -0.3 is 20.5 Å². The maximum Gasteiger partial charge on any atom is 0.387 e. The van der Waals surface area contributed by atoms with Crippen LogP contribution in [0.25, 0.3) is 0 Å². The van der Waals surface area contributed by atoms with Gasteiger partial charge in [0.1, 0.15) is 5.75 Å². The van der Waals surface area contributed by atoms with Gasteiger partial charge in [-0.05, 0) is 18.9 Å². The van der Waals surface area contributed by atoms with E-state index in [9.17, 15) is 13.6 Å². The van der Waals surface area contributed by atoms with E-state index in [2.05, 4.69) is 10.1 Å². The number of nitrogens with two attached hydrogens (primary N) is 1. The highest BCUT2D eigenvalue weighted by Crippen LogP contribution is 2.30. The molecule has 1 aliphatic rings. The van der Waals surface area contributed by atoms with Crippen LogP contribution in [-0.4, -0.2) is 32.3 Å². The molecule has 0 aliphatic carbocycles. The molecular weight excluding hydrogens is 330 g/mol. The molecule has 0 radical (unpaired) electrons. The van der Waals surface area contributed by atoms with Crippen molar-refractivity contribution < 1.29 is 23.0 Å². The van der Waals surface area contributed by atoms with Crippen molar-refractivity contribution in [2.75, 3.05) is 19.8 Å². The second-order valence-corrected chi connectivity index (χ2v) is 5.27. The van der Waals surface area contributed by atoms with Crippen LogP contribution in [0, 0.1) is 5.41 Å². The second-order valence-electron chi connectivity index (χ2n) is 5.27. The van der Waals surface area contributed by atoms with Gasteiger partial charge in [0.25, 0.3) is 0 Å². The summed E-state index contributed by atoms with van der Waals surface area (Å²) in [7, 11) is 0. The summed E-state index contributed by atoms with van der Waals surface area (Å²) in [5.41, 5.74) is 5.62. The van der Waals surface area contributed by atoms with Crippen LogP contribution in [0.4, 0.5) is 8.78 Å². The van der Waals surface area contributed by atoms with E-state index in [1.54, 1.807) is 18.2 Å². The molecule has 1 heterocycles. The van der Waals surface area contributed by atoms with Crippen molar-refractivity contribution in [3.8, 4) is 5.75 Å². The molecule has 1 aromatic carbocycles. The van der Waals surface area contributed by atoms with Gasteiger partial charge in [-0.25, -0.2) is 0 Å². The number of carbonyl (C=O) groups is 1. The summed E-state index contributed by atoms with van der Waals surface area (Å²) in [6.07, 6.45) is 1.12. The summed E-state index contributed by atoms with van der Waals surface area (Å²) in [6.45, 7) is -1.56. The van der Waals surface area contributed by atoms with Crippen molar-refractivity contribution in [3.05, 3.63) is 29.8 Å². The molecule has 0 unspecified atom stereocenters. The molecule has 0 spiro atoms. The zero-order valence-corrected chi connectivity index (χ0v) is 13.4. The van der Waals surface area contributed by atoms with Gasteiger partial charge in [-0.1, -0.05) is 18.2 Å². The van der Waals surface area contributed by atoms with Crippen LogP contribution in [0.15, 0.2) is 24.3 Å². The first-order valence-corrected chi connectivity index (χ1v) is 7.16. The Labute approximate surface area is 139 Å². The third kappa shape index (κ3) is 5.02. The number of carbonyl (C=O) groups excluding carboxylic acids is 1. The molecule has 1 fully saturated rings. The summed E-state index contributed by atoms with van der Waals surface area (Å²) in [4.78, 5) is 12.4. The monoisotopic (exact) mass is 350 g/mol. The average Bonchev–Trinajstić information content (AvgIpc) is 2.54. The lowest BCUT2D eigenvalue weighted by atomic mass is 9.79. The third-order valence-corrected chi connectivity index (χ3v) is 3.95. The Morgan fingerprint density at radius 2 is 2.00 bits per heavy atom. The summed E-state index contributed by atoms with van der Waals surface area (Å²) in [6, 6.07) is 6.38. The summed E-state index contributed by atoms with van der Waals surface area (Å²) < 4.78 is 34.4. The number of alkyl halides is 2. The number of rotatable bonds is 6. The van der Waals surface area contributed by atoms with Crippen molar-refractivity contribution in [1.29, 1.82) is 0 Å². The lowest BCUT2D eigenvalue weighted by molar-refractivity contribution is -0.136. The van der Waals surface area contributed by atoms with Gasteiger partial charge >= 0.3 is 6.61 Å². The predicted molar refractivity (Wildman–Crippen MR) is 83.7 cm³/mol. The van der Waals surface area contributed by atoms with E-state index in [1.807, 2.05) is 0 Å². The number of ether oxygens (including phenoxy) is 2. The molecule has 2 rings (SSSR count). The molecule has 1 amide bonds. The first-order chi connectivity index (χ1) is 10.6. The van der Waals surface area contributed by atoms with Gasteiger partial charge in [0.2, 0.25) is 5.91 Å². The highest BCUT2D eigenvalue weighted by atomic mass is 35.5. The topological polar surface area (TPSA) is 73.6 Å². The van der Waals surface area contributed by atoms with Crippen LogP contribution in [0.1, 0.15) is 18.4 Å². The molecule has 0 bridgehead atoms. The highest BCUT2D eigenvalue weighted by Gasteiger charge is 2.38. The zero-order valence-electron chi connectivity index (χ0n) is 12.6. The van der Waals surface area contributed by atoms with Gasteiger partial charge in [-0.15, -0.1) is 12.4 Å². The standard InChI is InChI=1S/C15H20F2N2O3.ClH/c16-14(17)22-12-4-2-1-3-11(12)9-19-13(20)15(10-18)5-7-21-8-6-15;/h1-4,14H,5-10,18H2,(H,19,20);1H. The minimum Gasteiger partial charge on any atom is -0.434 e. The molecule has 1 aromatic rings. The fourth-order valence-electron chi connectivity index (χ4n) is 2.51. The predicted octanol–water partition coefficient (Wildman–Crippen LogP) is 2.08. The van der Waals surface area contributed by atoms with E-state index < -0.39 is 12.0 Å². The lowest BCUT2D eigenvalue weighted by Gasteiger charge is -2.34. The van der Waals surface area contributed by atoms with Crippen molar-refractivity contribution in [2.45, 2.75) is 26.0 Å². The SMILES string of the molecule is Cl.NCC1(C(=O)NCc2ccccc2OC(F)F)CCOCC1. The van der Waals surface area contributed by atoms with Crippen molar-refractivity contribution in [2.24, 2.45) is 11.1 Å². The van der Waals surface area contributed by atoms with Crippen molar-refractivity contribution in [1.82, 2.24) is 5.32 Å². The Morgan fingerprint density at radius 3 is 2.61 bits per heavy atom. The fraction of sp³-hybridized carbons (Fsp3) is 0.533. The summed E-state index contributed by atoms with van der Waals surface area (Å²) >= 11 is 0. The Morgan fingerprint density at radius 1 is 1.35 bits per heavy atom. The zero-order chi connectivity index (χ0) is 16.0. The number of halogens is 3. The summed E-state index contributed by atoms with van der Waals surface area (Å²) in [5, 5.41) is 2.77. The fourth-order valence-corrected chi connectivity index (χ4v) is 2.51. The molecular formula is C15H21ClF2N2O3. The van der Waals surface area contributed by atoms with E-state index in [-0.39, 0.29) is 37.2 Å². The minimum absolute atomic E-state index is 0. The largest absolute Gasteiger partial charge is 0.434 e. The van der Waals surface area contributed by atoms with Crippen molar-refractivity contribution >= 4 is 18.3 Å². The number of nitrogens with one attached hydrogen (secondary N) is 1. The summed E-state index contributed by atoms with van der Waals surface area (Å²) in [5.74, 6) is -0.114. The smallest absolute Gasteiger partial charge is 0.387 e. The number of hydrogen-bond donors (Lipinski definition) is 2. The molecule has 0 saturated carbocycles. The molecule has 0 aromatic heterocycles. The van der Waals surface area contributed by atoms with Crippen LogP contribution in [0.2, 0.25) is 0 Å². The molecule has 23 heavy (non-hydrogen) atoms. The molecule has 130 valence electrons.